The summed E-state index contributed by atoms with van der Waals surface area (Å²) >= 11 is 0. The van der Waals surface area contributed by atoms with E-state index in [0.717, 1.165) is 36.0 Å². The van der Waals surface area contributed by atoms with E-state index in [9.17, 15) is 0 Å². The number of morpholine rings is 1. The van der Waals surface area contributed by atoms with Crippen LogP contribution in [0.4, 0.5) is 0 Å². The van der Waals surface area contributed by atoms with Gasteiger partial charge in [-0.1, -0.05) is 42.5 Å². The highest BCUT2D eigenvalue weighted by molar-refractivity contribution is 14.0. The molecule has 158 valence electrons. The van der Waals surface area contributed by atoms with Crippen LogP contribution in [-0.2, 0) is 11.3 Å². The molecule has 3 aromatic rings. The van der Waals surface area contributed by atoms with Gasteiger partial charge in [-0.25, -0.2) is 4.98 Å². The summed E-state index contributed by atoms with van der Waals surface area (Å²) in [6, 6.07) is 16.7. The summed E-state index contributed by atoms with van der Waals surface area (Å²) in [7, 11) is 1.82. The molecule has 8 heteroatoms. The number of aromatic amines is 1. The lowest BCUT2D eigenvalue weighted by molar-refractivity contribution is -0.00833. The number of H-pyrrole nitrogens is 1. The van der Waals surface area contributed by atoms with Crippen molar-refractivity contribution in [1.29, 1.82) is 0 Å². The third-order valence-corrected chi connectivity index (χ3v) is 5.18. The maximum atomic E-state index is 6.05. The van der Waals surface area contributed by atoms with E-state index in [1.54, 1.807) is 0 Å². The molecule has 1 saturated heterocycles. The van der Waals surface area contributed by atoms with Crippen molar-refractivity contribution >= 4 is 29.9 Å². The maximum absolute atomic E-state index is 6.05. The van der Waals surface area contributed by atoms with Crippen LogP contribution in [0.15, 0.2) is 59.9 Å². The molecule has 7 nitrogen and oxygen atoms in total. The number of nitrogens with zero attached hydrogens (tertiary/aromatic N) is 4. The molecule has 0 amide bonds. The normalized spacial score (nSPS) is 16.8. The fourth-order valence-corrected chi connectivity index (χ4v) is 3.66. The molecule has 1 atom stereocenters. The largest absolute Gasteiger partial charge is 0.370 e. The van der Waals surface area contributed by atoms with E-state index in [0.29, 0.717) is 13.2 Å². The standard InChI is InChI=1S/C22H26N6O.HI/c1-16-6-3-4-9-19(16)20-14-28(10-11-29-20)22(23-2)24-13-17-7-5-8-18(12-17)21-25-15-26-27-21;/h3-9,12,15,20H,10-11,13-14H2,1-2H3,(H,23,24)(H,25,26,27);1H. The van der Waals surface area contributed by atoms with Gasteiger partial charge >= 0.3 is 0 Å². The summed E-state index contributed by atoms with van der Waals surface area (Å²) in [6.07, 6.45) is 1.57. The molecule has 0 bridgehead atoms. The predicted octanol–water partition coefficient (Wildman–Crippen LogP) is 3.55. The number of halogens is 1. The fraction of sp³-hybridized carbons (Fsp3) is 0.318. The van der Waals surface area contributed by atoms with Crippen molar-refractivity contribution in [2.45, 2.75) is 19.6 Å². The van der Waals surface area contributed by atoms with Gasteiger partial charge in [0.05, 0.1) is 13.2 Å². The van der Waals surface area contributed by atoms with Gasteiger partial charge in [-0.3, -0.25) is 10.1 Å². The number of nitrogens with one attached hydrogen (secondary N) is 2. The molecule has 2 N–H and O–H groups in total. The molecular weight excluding hydrogens is 491 g/mol. The van der Waals surface area contributed by atoms with E-state index in [2.05, 4.69) is 73.7 Å². The van der Waals surface area contributed by atoms with E-state index in [4.69, 9.17) is 4.74 Å². The first kappa shape index (κ1) is 22.2. The first-order chi connectivity index (χ1) is 14.2. The Hall–Kier alpha value is -2.46. The van der Waals surface area contributed by atoms with Crippen LogP contribution in [0.2, 0.25) is 0 Å². The molecule has 0 spiro atoms. The van der Waals surface area contributed by atoms with Crippen molar-refractivity contribution in [2.75, 3.05) is 26.7 Å². The van der Waals surface area contributed by atoms with E-state index in [-0.39, 0.29) is 30.1 Å². The molecule has 1 fully saturated rings. The number of rotatable bonds is 4. The molecule has 2 aromatic carbocycles. The molecule has 0 saturated carbocycles. The van der Waals surface area contributed by atoms with Crippen molar-refractivity contribution in [3.05, 3.63) is 71.5 Å². The second-order valence-electron chi connectivity index (χ2n) is 7.10. The number of guanidine groups is 1. The Morgan fingerprint density at radius 2 is 2.13 bits per heavy atom. The third kappa shape index (κ3) is 5.17. The first-order valence-corrected chi connectivity index (χ1v) is 9.82. The highest BCUT2D eigenvalue weighted by Crippen LogP contribution is 2.25. The van der Waals surface area contributed by atoms with Gasteiger partial charge in [0.15, 0.2) is 11.8 Å². The molecular formula is C22H27IN6O. The number of aromatic nitrogens is 3. The minimum Gasteiger partial charge on any atom is -0.370 e. The third-order valence-electron chi connectivity index (χ3n) is 5.18. The quantitative estimate of drug-likeness (QED) is 0.314. The van der Waals surface area contributed by atoms with Crippen molar-refractivity contribution in [2.24, 2.45) is 4.99 Å². The van der Waals surface area contributed by atoms with Crippen LogP contribution in [0.25, 0.3) is 11.4 Å². The van der Waals surface area contributed by atoms with Crippen LogP contribution in [0.5, 0.6) is 0 Å². The minimum atomic E-state index is 0. The van der Waals surface area contributed by atoms with Gasteiger partial charge in [0.1, 0.15) is 12.4 Å². The van der Waals surface area contributed by atoms with Gasteiger partial charge in [0.2, 0.25) is 0 Å². The van der Waals surface area contributed by atoms with Crippen molar-refractivity contribution in [1.82, 2.24) is 25.4 Å². The number of aryl methyl sites for hydroxylation is 1. The number of ether oxygens (including phenoxy) is 1. The predicted molar refractivity (Wildman–Crippen MR) is 129 cm³/mol. The summed E-state index contributed by atoms with van der Waals surface area (Å²) in [4.78, 5) is 11.0. The molecule has 1 aliphatic heterocycles. The SMILES string of the molecule is CN=C(NCc1cccc(-c2ncn[nH]2)c1)N1CCOC(c2ccccc2C)C1.I. The lowest BCUT2D eigenvalue weighted by atomic mass is 10.0. The van der Waals surface area contributed by atoms with Crippen molar-refractivity contribution < 1.29 is 4.74 Å². The Labute approximate surface area is 194 Å². The van der Waals surface area contributed by atoms with Gasteiger partial charge < -0.3 is 15.0 Å². The monoisotopic (exact) mass is 518 g/mol. The summed E-state index contributed by atoms with van der Waals surface area (Å²) < 4.78 is 6.05. The minimum absolute atomic E-state index is 0. The Morgan fingerprint density at radius 1 is 1.27 bits per heavy atom. The van der Waals surface area contributed by atoms with Gasteiger partial charge in [0.25, 0.3) is 0 Å². The molecule has 2 heterocycles. The van der Waals surface area contributed by atoms with Gasteiger partial charge in [-0.05, 0) is 29.7 Å². The molecule has 0 radical (unpaired) electrons. The second kappa shape index (κ2) is 10.5. The number of hydrogen-bond acceptors (Lipinski definition) is 4. The molecule has 30 heavy (non-hydrogen) atoms. The van der Waals surface area contributed by atoms with Crippen LogP contribution in [0.3, 0.4) is 0 Å². The van der Waals surface area contributed by atoms with Gasteiger partial charge in [-0.2, -0.15) is 5.10 Å². The Morgan fingerprint density at radius 3 is 2.90 bits per heavy atom. The fourth-order valence-electron chi connectivity index (χ4n) is 3.66. The van der Waals surface area contributed by atoms with Gasteiger partial charge in [0, 0.05) is 25.7 Å². The summed E-state index contributed by atoms with van der Waals surface area (Å²) in [5, 5.41) is 10.3. The van der Waals surface area contributed by atoms with E-state index >= 15 is 0 Å². The Balaban J connectivity index is 0.00000256. The number of benzene rings is 2. The molecule has 1 unspecified atom stereocenters. The average molecular weight is 518 g/mol. The average Bonchev–Trinajstić information content (AvgIpc) is 3.30. The van der Waals surface area contributed by atoms with E-state index in [1.165, 1.54) is 17.5 Å². The highest BCUT2D eigenvalue weighted by Gasteiger charge is 2.25. The second-order valence-corrected chi connectivity index (χ2v) is 7.10. The van der Waals surface area contributed by atoms with Crippen molar-refractivity contribution in [3.63, 3.8) is 0 Å². The molecule has 4 rings (SSSR count). The Kier molecular flexibility index (Phi) is 7.81. The Bertz CT molecular complexity index is 975. The first-order valence-electron chi connectivity index (χ1n) is 9.82. The van der Waals surface area contributed by atoms with Crippen LogP contribution in [0.1, 0.15) is 22.8 Å². The number of hydrogen-bond donors (Lipinski definition) is 2. The number of aliphatic imine (C=N–C) groups is 1. The van der Waals surface area contributed by atoms with Gasteiger partial charge in [-0.15, -0.1) is 24.0 Å². The zero-order valence-corrected chi connectivity index (χ0v) is 19.5. The maximum Gasteiger partial charge on any atom is 0.194 e. The summed E-state index contributed by atoms with van der Waals surface area (Å²) in [5.74, 6) is 1.66. The smallest absolute Gasteiger partial charge is 0.194 e. The van der Waals surface area contributed by atoms with E-state index in [1.807, 2.05) is 19.2 Å². The molecule has 1 aliphatic rings. The highest BCUT2D eigenvalue weighted by atomic mass is 127. The van der Waals surface area contributed by atoms with Crippen molar-refractivity contribution in [3.8, 4) is 11.4 Å². The van der Waals surface area contributed by atoms with E-state index < -0.39 is 0 Å². The zero-order chi connectivity index (χ0) is 20.1. The topological polar surface area (TPSA) is 78.4 Å². The van der Waals surface area contributed by atoms with Crippen LogP contribution in [-0.4, -0.2) is 52.8 Å². The molecule has 0 aliphatic carbocycles. The van der Waals surface area contributed by atoms with Crippen LogP contribution in [0, 0.1) is 6.92 Å². The van der Waals surface area contributed by atoms with Crippen LogP contribution < -0.4 is 5.32 Å². The lowest BCUT2D eigenvalue weighted by Crippen LogP contribution is -2.48. The lowest BCUT2D eigenvalue weighted by Gasteiger charge is -2.35. The van der Waals surface area contributed by atoms with Crippen LogP contribution >= 0.6 is 24.0 Å². The summed E-state index contributed by atoms with van der Waals surface area (Å²) in [5.41, 5.74) is 4.67. The summed E-state index contributed by atoms with van der Waals surface area (Å²) in [6.45, 7) is 5.09. The molecule has 1 aromatic heterocycles. The zero-order valence-electron chi connectivity index (χ0n) is 17.2.